The lowest BCUT2D eigenvalue weighted by Crippen LogP contribution is -2.09. The SMILES string of the molecule is CS(=O)(=O)Oc1ccc(Cl)cc1C(=O)O. The summed E-state index contributed by atoms with van der Waals surface area (Å²) >= 11 is 5.56. The summed E-state index contributed by atoms with van der Waals surface area (Å²) in [4.78, 5) is 10.7. The molecule has 5 nitrogen and oxygen atoms in total. The van der Waals surface area contributed by atoms with Gasteiger partial charge >= 0.3 is 16.1 Å². The van der Waals surface area contributed by atoms with Crippen LogP contribution in [0, 0.1) is 0 Å². The Morgan fingerprint density at radius 3 is 2.53 bits per heavy atom. The Morgan fingerprint density at radius 2 is 2.07 bits per heavy atom. The Kier molecular flexibility index (Phi) is 3.21. The van der Waals surface area contributed by atoms with E-state index in [-0.39, 0.29) is 16.3 Å². The molecule has 0 radical (unpaired) electrons. The van der Waals surface area contributed by atoms with Gasteiger partial charge in [0.25, 0.3) is 0 Å². The summed E-state index contributed by atoms with van der Waals surface area (Å²) in [5.41, 5.74) is -0.298. The third-order valence-electron chi connectivity index (χ3n) is 1.41. The Labute approximate surface area is 91.4 Å². The summed E-state index contributed by atoms with van der Waals surface area (Å²) < 4.78 is 26.1. The standard InChI is InChI=1S/C8H7ClO5S/c1-15(12,13)14-7-3-2-5(9)4-6(7)8(10)11/h2-4H,1H3,(H,10,11). The van der Waals surface area contributed by atoms with Crippen LogP contribution in [-0.2, 0) is 10.1 Å². The zero-order valence-electron chi connectivity index (χ0n) is 7.60. The molecule has 0 saturated heterocycles. The fraction of sp³-hybridized carbons (Fsp3) is 0.125. The molecule has 0 saturated carbocycles. The molecule has 82 valence electrons. The molecule has 1 aromatic rings. The lowest BCUT2D eigenvalue weighted by atomic mass is 10.2. The fourth-order valence-corrected chi connectivity index (χ4v) is 1.55. The minimum absolute atomic E-state index is 0.188. The summed E-state index contributed by atoms with van der Waals surface area (Å²) in [5.74, 6) is -1.56. The van der Waals surface area contributed by atoms with Crippen LogP contribution in [0.25, 0.3) is 0 Å². The molecule has 7 heteroatoms. The number of carbonyl (C=O) groups is 1. The lowest BCUT2D eigenvalue weighted by Gasteiger charge is -2.06. The van der Waals surface area contributed by atoms with Gasteiger partial charge in [-0.15, -0.1) is 0 Å². The molecule has 0 unspecified atom stereocenters. The highest BCUT2D eigenvalue weighted by Gasteiger charge is 2.15. The Hall–Kier alpha value is -1.27. The molecule has 1 rings (SSSR count). The summed E-state index contributed by atoms with van der Waals surface area (Å²) in [6, 6.07) is 3.64. The highest BCUT2D eigenvalue weighted by Crippen LogP contribution is 2.23. The second-order valence-electron chi connectivity index (χ2n) is 2.73. The third kappa shape index (κ3) is 3.41. The van der Waals surface area contributed by atoms with Crippen molar-refractivity contribution in [1.29, 1.82) is 0 Å². The van der Waals surface area contributed by atoms with Crippen LogP contribution in [0.15, 0.2) is 18.2 Å². The monoisotopic (exact) mass is 250 g/mol. The number of hydrogen-bond acceptors (Lipinski definition) is 4. The van der Waals surface area contributed by atoms with E-state index in [1.807, 2.05) is 0 Å². The van der Waals surface area contributed by atoms with Gasteiger partial charge in [0.05, 0.1) is 6.26 Å². The van der Waals surface area contributed by atoms with Crippen LogP contribution in [0.1, 0.15) is 10.4 Å². The molecular formula is C8H7ClO5S. The van der Waals surface area contributed by atoms with Gasteiger partial charge in [0.1, 0.15) is 5.56 Å². The summed E-state index contributed by atoms with van der Waals surface area (Å²) in [7, 11) is -3.75. The maximum absolute atomic E-state index is 10.8. The van der Waals surface area contributed by atoms with Crippen molar-refractivity contribution in [3.63, 3.8) is 0 Å². The number of halogens is 1. The first kappa shape index (κ1) is 11.8. The van der Waals surface area contributed by atoms with E-state index in [4.69, 9.17) is 16.7 Å². The van der Waals surface area contributed by atoms with Gasteiger partial charge in [0.2, 0.25) is 0 Å². The molecule has 1 N–H and O–H groups in total. The fourth-order valence-electron chi connectivity index (χ4n) is 0.905. The first-order valence-electron chi connectivity index (χ1n) is 3.72. The van der Waals surface area contributed by atoms with Crippen LogP contribution < -0.4 is 4.18 Å². The molecule has 0 aromatic heterocycles. The minimum atomic E-state index is -3.75. The third-order valence-corrected chi connectivity index (χ3v) is 2.13. The largest absolute Gasteiger partial charge is 0.478 e. The lowest BCUT2D eigenvalue weighted by molar-refractivity contribution is 0.0695. The topological polar surface area (TPSA) is 80.7 Å². The second kappa shape index (κ2) is 4.08. The van der Waals surface area contributed by atoms with E-state index in [1.54, 1.807) is 0 Å². The molecule has 0 bridgehead atoms. The van der Waals surface area contributed by atoms with E-state index in [0.29, 0.717) is 0 Å². The number of benzene rings is 1. The number of hydrogen-bond donors (Lipinski definition) is 1. The van der Waals surface area contributed by atoms with Gasteiger partial charge in [0, 0.05) is 5.02 Å². The average Bonchev–Trinajstić information content (AvgIpc) is 2.05. The Balaban J connectivity index is 3.24. The van der Waals surface area contributed by atoms with Crippen molar-refractivity contribution < 1.29 is 22.5 Å². The molecule has 0 fully saturated rings. The molecule has 0 heterocycles. The van der Waals surface area contributed by atoms with Crippen LogP contribution in [0.3, 0.4) is 0 Å². The smallest absolute Gasteiger partial charge is 0.339 e. The number of carboxylic acid groups (broad SMARTS) is 1. The Bertz CT molecular complexity index is 494. The maximum atomic E-state index is 10.8. The van der Waals surface area contributed by atoms with E-state index in [2.05, 4.69) is 4.18 Å². The molecule has 1 aromatic carbocycles. The van der Waals surface area contributed by atoms with Crippen molar-refractivity contribution >= 4 is 27.7 Å². The van der Waals surface area contributed by atoms with Crippen molar-refractivity contribution in [2.24, 2.45) is 0 Å². The van der Waals surface area contributed by atoms with Gasteiger partial charge in [0.15, 0.2) is 5.75 Å². The molecule has 0 atom stereocenters. The second-order valence-corrected chi connectivity index (χ2v) is 4.74. The van der Waals surface area contributed by atoms with Gasteiger partial charge in [-0.05, 0) is 18.2 Å². The zero-order chi connectivity index (χ0) is 11.6. The van der Waals surface area contributed by atoms with Gasteiger partial charge in [-0.3, -0.25) is 0 Å². The zero-order valence-corrected chi connectivity index (χ0v) is 9.17. The van der Waals surface area contributed by atoms with Crippen LogP contribution in [-0.4, -0.2) is 25.7 Å². The number of rotatable bonds is 3. The van der Waals surface area contributed by atoms with Crippen LogP contribution in [0.4, 0.5) is 0 Å². The van der Waals surface area contributed by atoms with Gasteiger partial charge in [-0.25, -0.2) is 4.79 Å². The van der Waals surface area contributed by atoms with E-state index in [9.17, 15) is 13.2 Å². The molecule has 0 aliphatic carbocycles. The molecule has 15 heavy (non-hydrogen) atoms. The van der Waals surface area contributed by atoms with E-state index in [1.165, 1.54) is 12.1 Å². The average molecular weight is 251 g/mol. The van der Waals surface area contributed by atoms with Gasteiger partial charge in [-0.2, -0.15) is 8.42 Å². The van der Waals surface area contributed by atoms with Crippen molar-refractivity contribution in [3.05, 3.63) is 28.8 Å². The number of aromatic carboxylic acids is 1. The van der Waals surface area contributed by atoms with E-state index >= 15 is 0 Å². The summed E-state index contributed by atoms with van der Waals surface area (Å²) in [6.07, 6.45) is 0.827. The predicted octanol–water partition coefficient (Wildman–Crippen LogP) is 1.38. The first-order valence-corrected chi connectivity index (χ1v) is 5.91. The summed E-state index contributed by atoms with van der Waals surface area (Å²) in [5, 5.41) is 8.94. The normalized spacial score (nSPS) is 11.1. The number of carboxylic acids is 1. The molecule has 0 aliphatic heterocycles. The van der Waals surface area contributed by atoms with Crippen molar-refractivity contribution in [2.75, 3.05) is 6.26 Å². The quantitative estimate of drug-likeness (QED) is 0.820. The maximum Gasteiger partial charge on any atom is 0.339 e. The van der Waals surface area contributed by atoms with Crippen molar-refractivity contribution in [3.8, 4) is 5.75 Å². The highest BCUT2D eigenvalue weighted by molar-refractivity contribution is 7.86. The minimum Gasteiger partial charge on any atom is -0.478 e. The molecule has 0 spiro atoms. The molecular weight excluding hydrogens is 244 g/mol. The van der Waals surface area contributed by atoms with Crippen LogP contribution >= 0.6 is 11.6 Å². The van der Waals surface area contributed by atoms with Gasteiger partial charge < -0.3 is 9.29 Å². The van der Waals surface area contributed by atoms with Crippen molar-refractivity contribution in [2.45, 2.75) is 0 Å². The Morgan fingerprint density at radius 1 is 1.47 bits per heavy atom. The highest BCUT2D eigenvalue weighted by atomic mass is 35.5. The first-order chi connectivity index (χ1) is 6.79. The van der Waals surface area contributed by atoms with Gasteiger partial charge in [-0.1, -0.05) is 11.6 Å². The van der Waals surface area contributed by atoms with Crippen LogP contribution in [0.2, 0.25) is 5.02 Å². The van der Waals surface area contributed by atoms with Crippen molar-refractivity contribution in [1.82, 2.24) is 0 Å². The van der Waals surface area contributed by atoms with Crippen LogP contribution in [0.5, 0.6) is 5.75 Å². The predicted molar refractivity (Wildman–Crippen MR) is 53.9 cm³/mol. The summed E-state index contributed by atoms with van der Waals surface area (Å²) in [6.45, 7) is 0. The molecule has 0 aliphatic rings. The van der Waals surface area contributed by atoms with E-state index < -0.39 is 16.1 Å². The molecule has 0 amide bonds. The van der Waals surface area contributed by atoms with E-state index in [0.717, 1.165) is 12.3 Å².